The number of nitrogens with one attached hydrogen (secondary N) is 2. The number of hydrogen-bond acceptors (Lipinski definition) is 10. The molecule has 0 saturated heterocycles. The van der Waals surface area contributed by atoms with Gasteiger partial charge in [-0.25, -0.2) is 0 Å². The van der Waals surface area contributed by atoms with E-state index >= 15 is 0 Å². The molecule has 0 spiro atoms. The number of Topliss-reactive ketones (excluding diaryl/α,β-unsaturated/α-hetero) is 3. The van der Waals surface area contributed by atoms with Gasteiger partial charge >= 0.3 is 7.12 Å². The first-order valence-electron chi connectivity index (χ1n) is 19.0. The van der Waals surface area contributed by atoms with Crippen LogP contribution in [0.5, 0.6) is 0 Å². The maximum Gasteiger partial charge on any atom is 0.454 e. The van der Waals surface area contributed by atoms with Crippen molar-refractivity contribution in [3.05, 3.63) is 59.7 Å². The summed E-state index contributed by atoms with van der Waals surface area (Å²) < 4.78 is 0. The quantitative estimate of drug-likeness (QED) is 0.0423. The van der Waals surface area contributed by atoms with Crippen molar-refractivity contribution in [1.82, 2.24) is 10.6 Å². The number of carbonyl (C=O) groups excluding carboxylic acids is 5. The number of aliphatic hydroxyl groups excluding tert-OH is 1. The van der Waals surface area contributed by atoms with Crippen molar-refractivity contribution < 1.29 is 39.1 Å². The number of benzene rings is 2. The molecule has 6 atom stereocenters. The maximum absolute atomic E-state index is 13.5. The van der Waals surface area contributed by atoms with Crippen LogP contribution in [-0.2, 0) is 25.6 Å². The van der Waals surface area contributed by atoms with Crippen LogP contribution in [-0.4, -0.2) is 82.7 Å². The molecule has 13 heteroatoms. The van der Waals surface area contributed by atoms with Crippen LogP contribution in [0.4, 0.5) is 0 Å². The molecule has 0 bridgehead atoms. The number of carbonyl (C=O) groups is 5. The Bertz CT molecular complexity index is 1450. The highest BCUT2D eigenvalue weighted by atomic mass is 16.4. The maximum atomic E-state index is 13.5. The van der Waals surface area contributed by atoms with Crippen molar-refractivity contribution in [2.75, 3.05) is 13.1 Å². The molecule has 53 heavy (non-hydrogen) atoms. The van der Waals surface area contributed by atoms with Gasteiger partial charge in [-0.1, -0.05) is 75.7 Å². The number of aliphatic hydroxyl groups is 1. The van der Waals surface area contributed by atoms with E-state index < -0.39 is 60.6 Å². The largest absolute Gasteiger partial charge is 0.454 e. The molecule has 9 N–H and O–H groups in total. The molecule has 12 nitrogen and oxygen atoms in total. The van der Waals surface area contributed by atoms with Gasteiger partial charge in [0, 0.05) is 36.7 Å². The second kappa shape index (κ2) is 23.8. The first kappa shape index (κ1) is 45.4. The predicted molar refractivity (Wildman–Crippen MR) is 208 cm³/mol. The molecule has 0 aliphatic carbocycles. The van der Waals surface area contributed by atoms with Crippen molar-refractivity contribution in [3.8, 4) is 11.1 Å². The summed E-state index contributed by atoms with van der Waals surface area (Å²) in [4.78, 5) is 66.4. The molecule has 0 fully saturated rings. The Labute approximate surface area is 315 Å². The Morgan fingerprint density at radius 1 is 0.717 bits per heavy atom. The topological polar surface area (TPSA) is 222 Å². The van der Waals surface area contributed by atoms with Crippen molar-refractivity contribution >= 4 is 36.3 Å². The van der Waals surface area contributed by atoms with E-state index in [-0.39, 0.29) is 30.8 Å². The number of aryl methyl sites for hydroxylation is 1. The fourth-order valence-corrected chi connectivity index (χ4v) is 6.07. The zero-order valence-corrected chi connectivity index (χ0v) is 31.9. The van der Waals surface area contributed by atoms with Gasteiger partial charge in [0.05, 0.1) is 12.1 Å². The van der Waals surface area contributed by atoms with E-state index in [2.05, 4.69) is 41.8 Å². The second-order valence-electron chi connectivity index (χ2n) is 14.3. The van der Waals surface area contributed by atoms with Crippen LogP contribution >= 0.6 is 0 Å². The van der Waals surface area contributed by atoms with Crippen molar-refractivity contribution in [3.63, 3.8) is 0 Å². The van der Waals surface area contributed by atoms with Crippen LogP contribution in [0.1, 0.15) is 108 Å². The molecular formula is C40H61BN4O8. The SMILES string of the molecule is CCCCc1ccc(-c2ccc(C(=O)C[C@@H](CCCN)C(=O)N[C@H](C(=O)C[C@@H](C)C(=O)N[C@@H](CCCCN)C(=O)C[C@@H](C)B(O)O)C(C)O)cc2)cc1. The van der Waals surface area contributed by atoms with Gasteiger partial charge in [0.2, 0.25) is 11.8 Å². The lowest BCUT2D eigenvalue weighted by molar-refractivity contribution is -0.135. The van der Waals surface area contributed by atoms with Crippen molar-refractivity contribution in [2.24, 2.45) is 23.3 Å². The molecule has 0 heterocycles. The molecule has 0 radical (unpaired) electrons. The van der Waals surface area contributed by atoms with Gasteiger partial charge < -0.3 is 37.3 Å². The fourth-order valence-electron chi connectivity index (χ4n) is 6.07. The summed E-state index contributed by atoms with van der Waals surface area (Å²) in [6.45, 7) is 7.24. The number of hydrogen-bond donors (Lipinski definition) is 7. The lowest BCUT2D eigenvalue weighted by Gasteiger charge is -2.25. The van der Waals surface area contributed by atoms with Gasteiger partial charge in [0.15, 0.2) is 17.3 Å². The predicted octanol–water partition coefficient (Wildman–Crippen LogP) is 3.52. The van der Waals surface area contributed by atoms with Gasteiger partial charge in [-0.05, 0) is 87.5 Å². The van der Waals surface area contributed by atoms with E-state index in [0.717, 1.165) is 30.4 Å². The van der Waals surface area contributed by atoms with E-state index in [1.807, 2.05) is 12.1 Å². The highest BCUT2D eigenvalue weighted by molar-refractivity contribution is 6.43. The molecule has 2 rings (SSSR count). The number of nitrogens with two attached hydrogens (primary N) is 2. The molecule has 0 aliphatic rings. The van der Waals surface area contributed by atoms with E-state index in [4.69, 9.17) is 11.5 Å². The molecule has 0 saturated carbocycles. The fraction of sp³-hybridized carbons (Fsp3) is 0.575. The van der Waals surface area contributed by atoms with Crippen molar-refractivity contribution in [2.45, 2.75) is 122 Å². The van der Waals surface area contributed by atoms with Crippen LogP contribution < -0.4 is 22.1 Å². The van der Waals surface area contributed by atoms with E-state index in [1.54, 1.807) is 12.1 Å². The molecule has 2 amide bonds. The van der Waals surface area contributed by atoms with Gasteiger partial charge in [-0.15, -0.1) is 0 Å². The molecular weight excluding hydrogens is 675 g/mol. The molecule has 1 unspecified atom stereocenters. The Balaban J connectivity index is 2.09. The number of amides is 2. The number of unbranched alkanes of at least 4 members (excludes halogenated alkanes) is 2. The van der Waals surface area contributed by atoms with Crippen molar-refractivity contribution in [1.29, 1.82) is 0 Å². The summed E-state index contributed by atoms with van der Waals surface area (Å²) in [5.41, 5.74) is 15.0. The third kappa shape index (κ3) is 15.6. The number of rotatable bonds is 26. The molecule has 0 aromatic heterocycles. The molecule has 292 valence electrons. The second-order valence-corrected chi connectivity index (χ2v) is 14.3. The monoisotopic (exact) mass is 736 g/mol. The van der Waals surface area contributed by atoms with Gasteiger partial charge in [0.25, 0.3) is 0 Å². The van der Waals surface area contributed by atoms with E-state index in [1.165, 1.54) is 26.3 Å². The summed E-state index contributed by atoms with van der Waals surface area (Å²) in [6, 6.07) is 13.4. The van der Waals surface area contributed by atoms with Crippen LogP contribution in [0, 0.1) is 11.8 Å². The average Bonchev–Trinajstić information content (AvgIpc) is 3.13. The zero-order valence-electron chi connectivity index (χ0n) is 31.9. The Kier molecular flexibility index (Phi) is 20.4. The minimum Gasteiger partial charge on any atom is -0.427 e. The average molecular weight is 737 g/mol. The third-order valence-electron chi connectivity index (χ3n) is 9.64. The van der Waals surface area contributed by atoms with Gasteiger partial charge in [-0.2, -0.15) is 0 Å². The van der Waals surface area contributed by atoms with Crippen LogP contribution in [0.25, 0.3) is 11.1 Å². The van der Waals surface area contributed by atoms with E-state index in [0.29, 0.717) is 50.8 Å². The first-order chi connectivity index (χ1) is 25.2. The third-order valence-corrected chi connectivity index (χ3v) is 9.64. The van der Waals surface area contributed by atoms with Crippen LogP contribution in [0.15, 0.2) is 48.5 Å². The minimum absolute atomic E-state index is 0.123. The normalized spacial score (nSPS) is 14.7. The Hall–Kier alpha value is -3.75. The summed E-state index contributed by atoms with van der Waals surface area (Å²) >= 11 is 0. The molecule has 2 aromatic carbocycles. The molecule has 2 aromatic rings. The van der Waals surface area contributed by atoms with Crippen LogP contribution in [0.2, 0.25) is 5.82 Å². The lowest BCUT2D eigenvalue weighted by Crippen LogP contribution is -2.51. The summed E-state index contributed by atoms with van der Waals surface area (Å²) in [5.74, 6) is -4.81. The summed E-state index contributed by atoms with van der Waals surface area (Å²) in [5, 5.41) is 34.7. The highest BCUT2D eigenvalue weighted by Gasteiger charge is 2.33. The summed E-state index contributed by atoms with van der Waals surface area (Å²) in [7, 11) is -1.69. The zero-order chi connectivity index (χ0) is 39.5. The standard InChI is InChI=1S/C40H61BN4O8/c1-5-6-10-29-13-15-30(16-14-29)31-17-19-32(20-18-31)35(47)25-33(11-9-22-43)40(51)45-38(28(4)46)37(49)23-26(2)39(50)44-34(12-7-8-21-42)36(48)24-27(3)41(52)53/h13-20,26-28,33-34,38,46,52-53H,5-12,21-25,42-43H2,1-4H3,(H,44,50)(H,45,51)/t26-,27-,28?,33-,34+,38+/m1/s1. The first-order valence-corrected chi connectivity index (χ1v) is 19.0. The van der Waals surface area contributed by atoms with Gasteiger partial charge in [-0.3, -0.25) is 24.0 Å². The Morgan fingerprint density at radius 3 is 1.87 bits per heavy atom. The lowest BCUT2D eigenvalue weighted by atomic mass is 9.71. The molecule has 0 aliphatic heterocycles. The minimum atomic E-state index is -1.69. The van der Waals surface area contributed by atoms with Gasteiger partial charge in [0.1, 0.15) is 6.04 Å². The summed E-state index contributed by atoms with van der Waals surface area (Å²) in [6.07, 6.45) is 3.62. The Morgan fingerprint density at radius 2 is 1.32 bits per heavy atom. The smallest absolute Gasteiger partial charge is 0.427 e. The number of ketones is 3. The highest BCUT2D eigenvalue weighted by Crippen LogP contribution is 2.23. The van der Waals surface area contributed by atoms with E-state index in [9.17, 15) is 39.1 Å². The van der Waals surface area contributed by atoms with Crippen LogP contribution in [0.3, 0.4) is 0 Å².